The molecule has 0 unspecified atom stereocenters. The summed E-state index contributed by atoms with van der Waals surface area (Å²) in [6.07, 6.45) is 3.24. The number of halogens is 2. The number of hydrogen-bond donors (Lipinski definition) is 2. The summed E-state index contributed by atoms with van der Waals surface area (Å²) in [5, 5.41) is 16.2. The third kappa shape index (κ3) is 2.42. The molecule has 0 spiro atoms. The van der Waals surface area contributed by atoms with E-state index in [1.807, 2.05) is 0 Å². The van der Waals surface area contributed by atoms with Gasteiger partial charge in [-0.1, -0.05) is 16.8 Å². The van der Waals surface area contributed by atoms with Crippen molar-refractivity contribution in [3.05, 3.63) is 45.7 Å². The van der Waals surface area contributed by atoms with Crippen LogP contribution in [0.4, 0.5) is 0 Å². The third-order valence-electron chi connectivity index (χ3n) is 2.15. The Morgan fingerprint density at radius 3 is 2.82 bits per heavy atom. The molecular weight excluding hydrogens is 307 g/mol. The molecule has 0 bridgehead atoms. The number of oxime groups is 1. The number of nitrogens with zero attached hydrogens (tertiary/aromatic N) is 3. The monoisotopic (exact) mass is 314 g/mol. The fourth-order valence-corrected chi connectivity index (χ4v) is 2.06. The molecule has 0 atom stereocenters. The SMILES string of the molecule is N/C(=N/O)c1ccc(-n2cc(Cl)cn2)cc1Br. The van der Waals surface area contributed by atoms with Crippen LogP contribution in [0.25, 0.3) is 5.69 Å². The van der Waals surface area contributed by atoms with E-state index in [9.17, 15) is 0 Å². The molecule has 1 aromatic carbocycles. The zero-order valence-electron chi connectivity index (χ0n) is 8.51. The molecule has 0 aliphatic heterocycles. The largest absolute Gasteiger partial charge is 0.409 e. The van der Waals surface area contributed by atoms with Crippen molar-refractivity contribution in [2.24, 2.45) is 10.9 Å². The van der Waals surface area contributed by atoms with Crippen LogP contribution < -0.4 is 5.73 Å². The maximum absolute atomic E-state index is 8.61. The minimum atomic E-state index is 0.0434. The Bertz CT molecular complexity index is 581. The van der Waals surface area contributed by atoms with E-state index in [-0.39, 0.29) is 5.84 Å². The highest BCUT2D eigenvalue weighted by atomic mass is 79.9. The molecule has 0 saturated carbocycles. The first-order chi connectivity index (χ1) is 8.11. The second-order valence-electron chi connectivity index (χ2n) is 3.25. The summed E-state index contributed by atoms with van der Waals surface area (Å²) in [6, 6.07) is 5.32. The highest BCUT2D eigenvalue weighted by Crippen LogP contribution is 2.21. The molecule has 1 aromatic heterocycles. The molecule has 0 amide bonds. The molecule has 0 aliphatic carbocycles. The van der Waals surface area contributed by atoms with Crippen LogP contribution in [0.2, 0.25) is 5.02 Å². The molecule has 3 N–H and O–H groups in total. The number of nitrogens with two attached hydrogens (primary N) is 1. The van der Waals surface area contributed by atoms with Gasteiger partial charge in [0.05, 0.1) is 16.9 Å². The van der Waals surface area contributed by atoms with Crippen molar-refractivity contribution in [1.29, 1.82) is 0 Å². The van der Waals surface area contributed by atoms with Gasteiger partial charge in [-0.3, -0.25) is 0 Å². The predicted octanol–water partition coefficient (Wildman–Crippen LogP) is 2.38. The minimum absolute atomic E-state index is 0.0434. The van der Waals surface area contributed by atoms with E-state index >= 15 is 0 Å². The van der Waals surface area contributed by atoms with E-state index in [1.54, 1.807) is 35.3 Å². The van der Waals surface area contributed by atoms with Crippen molar-refractivity contribution >= 4 is 33.4 Å². The van der Waals surface area contributed by atoms with Crippen LogP contribution in [0.15, 0.2) is 40.2 Å². The topological polar surface area (TPSA) is 76.4 Å². The Kier molecular flexibility index (Phi) is 3.35. The zero-order chi connectivity index (χ0) is 12.4. The van der Waals surface area contributed by atoms with Gasteiger partial charge in [-0.15, -0.1) is 0 Å². The Hall–Kier alpha value is -1.53. The highest BCUT2D eigenvalue weighted by Gasteiger charge is 2.07. The van der Waals surface area contributed by atoms with Crippen molar-refractivity contribution in [1.82, 2.24) is 9.78 Å². The number of hydrogen-bond acceptors (Lipinski definition) is 3. The summed E-state index contributed by atoms with van der Waals surface area (Å²) >= 11 is 9.13. The summed E-state index contributed by atoms with van der Waals surface area (Å²) in [7, 11) is 0. The summed E-state index contributed by atoms with van der Waals surface area (Å²) < 4.78 is 2.33. The molecule has 0 aliphatic rings. The van der Waals surface area contributed by atoms with Gasteiger partial charge in [-0.25, -0.2) is 4.68 Å². The number of amidine groups is 1. The third-order valence-corrected chi connectivity index (χ3v) is 3.00. The molecule has 5 nitrogen and oxygen atoms in total. The van der Waals surface area contributed by atoms with Crippen LogP contribution in [0.3, 0.4) is 0 Å². The number of rotatable bonds is 2. The van der Waals surface area contributed by atoms with Gasteiger partial charge in [0, 0.05) is 16.2 Å². The Balaban J connectivity index is 2.44. The molecule has 7 heteroatoms. The van der Waals surface area contributed by atoms with E-state index in [1.165, 1.54) is 0 Å². The molecular formula is C10H8BrClN4O. The van der Waals surface area contributed by atoms with Gasteiger partial charge in [0.2, 0.25) is 0 Å². The normalized spacial score (nSPS) is 11.8. The van der Waals surface area contributed by atoms with Gasteiger partial charge in [0.1, 0.15) is 0 Å². The van der Waals surface area contributed by atoms with Gasteiger partial charge < -0.3 is 10.9 Å². The van der Waals surface area contributed by atoms with Gasteiger partial charge in [0.15, 0.2) is 5.84 Å². The smallest absolute Gasteiger partial charge is 0.171 e. The molecule has 2 rings (SSSR count). The maximum Gasteiger partial charge on any atom is 0.171 e. The molecule has 1 heterocycles. The second-order valence-corrected chi connectivity index (χ2v) is 4.54. The average Bonchev–Trinajstić information content (AvgIpc) is 2.75. The van der Waals surface area contributed by atoms with Crippen LogP contribution >= 0.6 is 27.5 Å². The van der Waals surface area contributed by atoms with E-state index in [0.717, 1.165) is 5.69 Å². The first-order valence-electron chi connectivity index (χ1n) is 4.60. The molecule has 0 radical (unpaired) electrons. The van der Waals surface area contributed by atoms with Crippen LogP contribution in [0.5, 0.6) is 0 Å². The Morgan fingerprint density at radius 1 is 1.53 bits per heavy atom. The van der Waals surface area contributed by atoms with Gasteiger partial charge in [-0.2, -0.15) is 5.10 Å². The van der Waals surface area contributed by atoms with E-state index in [2.05, 4.69) is 26.2 Å². The van der Waals surface area contributed by atoms with Crippen LogP contribution in [0, 0.1) is 0 Å². The summed E-state index contributed by atoms with van der Waals surface area (Å²) in [4.78, 5) is 0. The summed E-state index contributed by atoms with van der Waals surface area (Å²) in [5.74, 6) is 0.0434. The van der Waals surface area contributed by atoms with Gasteiger partial charge >= 0.3 is 0 Å². The second kappa shape index (κ2) is 4.77. The van der Waals surface area contributed by atoms with Crippen LogP contribution in [-0.2, 0) is 0 Å². The first kappa shape index (κ1) is 11.9. The molecule has 0 fully saturated rings. The molecule has 17 heavy (non-hydrogen) atoms. The standard InChI is InChI=1S/C10H8BrClN4O/c11-9-3-7(16-5-6(12)4-14-16)1-2-8(9)10(13)15-17/h1-5,17H,(H2,13,15). The highest BCUT2D eigenvalue weighted by molar-refractivity contribution is 9.10. The lowest BCUT2D eigenvalue weighted by atomic mass is 10.2. The van der Waals surface area contributed by atoms with Crippen LogP contribution in [0.1, 0.15) is 5.56 Å². The summed E-state index contributed by atoms with van der Waals surface area (Å²) in [6.45, 7) is 0. The van der Waals surface area contributed by atoms with Crippen molar-refractivity contribution in [3.8, 4) is 5.69 Å². The molecule has 0 saturated heterocycles. The van der Waals surface area contributed by atoms with E-state index in [0.29, 0.717) is 15.1 Å². The zero-order valence-corrected chi connectivity index (χ0v) is 10.9. The number of aromatic nitrogens is 2. The van der Waals surface area contributed by atoms with Crippen molar-refractivity contribution in [3.63, 3.8) is 0 Å². The average molecular weight is 316 g/mol. The molecule has 88 valence electrons. The lowest BCUT2D eigenvalue weighted by molar-refractivity contribution is 0.318. The van der Waals surface area contributed by atoms with E-state index in [4.69, 9.17) is 22.5 Å². The quantitative estimate of drug-likeness (QED) is 0.387. The maximum atomic E-state index is 8.61. The van der Waals surface area contributed by atoms with Crippen LogP contribution in [-0.4, -0.2) is 20.8 Å². The van der Waals surface area contributed by atoms with Gasteiger partial charge in [-0.05, 0) is 34.1 Å². The van der Waals surface area contributed by atoms with Crippen molar-refractivity contribution in [2.75, 3.05) is 0 Å². The lowest BCUT2D eigenvalue weighted by Gasteiger charge is -2.06. The van der Waals surface area contributed by atoms with Crippen molar-refractivity contribution < 1.29 is 5.21 Å². The first-order valence-corrected chi connectivity index (χ1v) is 5.77. The Labute approximate surface area is 111 Å². The number of benzene rings is 1. The molecule has 2 aromatic rings. The fourth-order valence-electron chi connectivity index (χ4n) is 1.35. The van der Waals surface area contributed by atoms with E-state index < -0.39 is 0 Å². The predicted molar refractivity (Wildman–Crippen MR) is 68.8 cm³/mol. The van der Waals surface area contributed by atoms with Gasteiger partial charge in [0.25, 0.3) is 0 Å². The minimum Gasteiger partial charge on any atom is -0.409 e. The Morgan fingerprint density at radius 2 is 2.29 bits per heavy atom. The summed E-state index contributed by atoms with van der Waals surface area (Å²) in [5.41, 5.74) is 6.94. The lowest BCUT2D eigenvalue weighted by Crippen LogP contribution is -2.14. The van der Waals surface area contributed by atoms with Crippen molar-refractivity contribution in [2.45, 2.75) is 0 Å². The fraction of sp³-hybridized carbons (Fsp3) is 0.